The molecule has 0 saturated carbocycles. The van der Waals surface area contributed by atoms with Gasteiger partial charge in [0.25, 0.3) is 0 Å². The lowest BCUT2D eigenvalue weighted by molar-refractivity contribution is -0.132. The number of allylic oxidation sites excluding steroid dienone is 12. The van der Waals surface area contributed by atoms with Crippen molar-refractivity contribution in [3.05, 3.63) is 85.1 Å². The number of aliphatic carboxylic acids is 2. The van der Waals surface area contributed by atoms with Crippen molar-refractivity contribution in [3.8, 4) is 0 Å². The molecule has 20 heavy (non-hydrogen) atoms. The molecule has 0 fully saturated rings. The van der Waals surface area contributed by atoms with Crippen LogP contribution in [0.2, 0.25) is 0 Å². The lowest BCUT2D eigenvalue weighted by Crippen LogP contribution is -1.84. The van der Waals surface area contributed by atoms with Crippen molar-refractivity contribution in [1.29, 1.82) is 0 Å². The number of hydrogen-bond acceptors (Lipinski definition) is 2. The molecule has 0 atom stereocenters. The summed E-state index contributed by atoms with van der Waals surface area (Å²) in [6.07, 6.45) is 22.4. The number of carboxylic acids is 2. The molecule has 4 nitrogen and oxygen atoms in total. The zero-order valence-electron chi connectivity index (χ0n) is 10.8. The van der Waals surface area contributed by atoms with E-state index in [-0.39, 0.29) is 0 Å². The molecular formula is C16H16O4. The third kappa shape index (κ3) is 15.1. The first kappa shape index (κ1) is 17.1. The highest BCUT2D eigenvalue weighted by Crippen LogP contribution is 1.85. The zero-order chi connectivity index (χ0) is 15.1. The molecule has 0 aliphatic heterocycles. The van der Waals surface area contributed by atoms with E-state index in [4.69, 9.17) is 10.2 Å². The maximum Gasteiger partial charge on any atom is 0.328 e. The SMILES string of the molecule is O=C(O)/C=C/C=C/C=C/C=C/C=C/C=C/C=C/C(=O)O. The molecule has 0 aromatic heterocycles. The van der Waals surface area contributed by atoms with Gasteiger partial charge >= 0.3 is 11.9 Å². The fraction of sp³-hybridized carbons (Fsp3) is 0. The van der Waals surface area contributed by atoms with Crippen molar-refractivity contribution in [3.63, 3.8) is 0 Å². The van der Waals surface area contributed by atoms with Crippen molar-refractivity contribution in [2.24, 2.45) is 0 Å². The molecule has 0 saturated heterocycles. The average Bonchev–Trinajstić information content (AvgIpc) is 2.38. The van der Waals surface area contributed by atoms with Crippen LogP contribution < -0.4 is 0 Å². The Hall–Kier alpha value is -2.88. The second kappa shape index (κ2) is 12.6. The Kier molecular flexibility index (Phi) is 10.8. The molecule has 4 heteroatoms. The van der Waals surface area contributed by atoms with E-state index in [0.717, 1.165) is 12.2 Å². The summed E-state index contributed by atoms with van der Waals surface area (Å²) in [5.74, 6) is -1.95. The van der Waals surface area contributed by atoms with Gasteiger partial charge in [-0.1, -0.05) is 72.9 Å². The summed E-state index contributed by atoms with van der Waals surface area (Å²) in [5.41, 5.74) is 0. The summed E-state index contributed by atoms with van der Waals surface area (Å²) in [4.78, 5) is 20.3. The molecule has 0 unspecified atom stereocenters. The molecule has 0 amide bonds. The highest BCUT2D eigenvalue weighted by atomic mass is 16.4. The summed E-state index contributed by atoms with van der Waals surface area (Å²) in [7, 11) is 0. The highest BCUT2D eigenvalue weighted by Gasteiger charge is 1.79. The minimum Gasteiger partial charge on any atom is -0.478 e. The Labute approximate surface area is 117 Å². The second-order valence-electron chi connectivity index (χ2n) is 3.32. The van der Waals surface area contributed by atoms with Crippen LogP contribution in [0.5, 0.6) is 0 Å². The van der Waals surface area contributed by atoms with Gasteiger partial charge in [-0.2, -0.15) is 0 Å². The van der Waals surface area contributed by atoms with Gasteiger partial charge in [-0.3, -0.25) is 0 Å². The van der Waals surface area contributed by atoms with Crippen molar-refractivity contribution >= 4 is 11.9 Å². The third-order valence-corrected chi connectivity index (χ3v) is 1.70. The van der Waals surface area contributed by atoms with Gasteiger partial charge in [0.05, 0.1) is 0 Å². The summed E-state index contributed by atoms with van der Waals surface area (Å²) >= 11 is 0. The van der Waals surface area contributed by atoms with Gasteiger partial charge in [-0.15, -0.1) is 0 Å². The molecule has 0 heterocycles. The molecule has 0 spiro atoms. The number of rotatable bonds is 8. The third-order valence-electron chi connectivity index (χ3n) is 1.70. The van der Waals surface area contributed by atoms with E-state index in [2.05, 4.69) is 0 Å². The van der Waals surface area contributed by atoms with E-state index in [0.29, 0.717) is 0 Å². The largest absolute Gasteiger partial charge is 0.478 e. The van der Waals surface area contributed by atoms with Crippen LogP contribution in [0.1, 0.15) is 0 Å². The maximum atomic E-state index is 10.1. The monoisotopic (exact) mass is 272 g/mol. The summed E-state index contributed by atoms with van der Waals surface area (Å²) in [5, 5.41) is 16.6. The smallest absolute Gasteiger partial charge is 0.328 e. The van der Waals surface area contributed by atoms with E-state index in [1.54, 1.807) is 48.6 Å². The van der Waals surface area contributed by atoms with E-state index >= 15 is 0 Å². The lowest BCUT2D eigenvalue weighted by Gasteiger charge is -1.76. The van der Waals surface area contributed by atoms with Crippen LogP contribution in [0, 0.1) is 0 Å². The second-order valence-corrected chi connectivity index (χ2v) is 3.32. The first-order chi connectivity index (χ1) is 9.63. The number of carbonyl (C=O) groups is 2. The average molecular weight is 272 g/mol. The van der Waals surface area contributed by atoms with Crippen LogP contribution >= 0.6 is 0 Å². The van der Waals surface area contributed by atoms with Gasteiger partial charge in [-0.05, 0) is 0 Å². The van der Waals surface area contributed by atoms with Crippen LogP contribution in [-0.2, 0) is 9.59 Å². The topological polar surface area (TPSA) is 74.6 Å². The fourth-order valence-corrected chi connectivity index (χ4v) is 0.917. The first-order valence-corrected chi connectivity index (χ1v) is 5.77. The Balaban J connectivity index is 3.91. The Morgan fingerprint density at radius 2 is 0.650 bits per heavy atom. The predicted molar refractivity (Wildman–Crippen MR) is 79.3 cm³/mol. The van der Waals surface area contributed by atoms with Crippen LogP contribution in [-0.4, -0.2) is 22.2 Å². The van der Waals surface area contributed by atoms with Crippen molar-refractivity contribution < 1.29 is 19.8 Å². The molecule has 0 aliphatic carbocycles. The van der Waals surface area contributed by atoms with E-state index < -0.39 is 11.9 Å². The quantitative estimate of drug-likeness (QED) is 0.526. The normalized spacial score (nSPS) is 13.4. The van der Waals surface area contributed by atoms with Crippen LogP contribution in [0.15, 0.2) is 85.1 Å². The van der Waals surface area contributed by atoms with Crippen LogP contribution in [0.3, 0.4) is 0 Å². The molecule has 104 valence electrons. The molecule has 0 bridgehead atoms. The zero-order valence-corrected chi connectivity index (χ0v) is 10.8. The van der Waals surface area contributed by atoms with E-state index in [1.165, 1.54) is 12.2 Å². The van der Waals surface area contributed by atoms with Gasteiger partial charge in [0.2, 0.25) is 0 Å². The standard InChI is InChI=1S/C16H16O4/c17-15(18)13-11-9-7-5-3-1-2-4-6-8-10-12-14-16(19)20/h1-14H,(H,17,18)(H,19,20)/b2-1+,5-3+,6-4+,9-7+,10-8+,13-11+,14-12+. The molecular weight excluding hydrogens is 256 g/mol. The number of carboxylic acid groups (broad SMARTS) is 2. The van der Waals surface area contributed by atoms with Crippen molar-refractivity contribution in [1.82, 2.24) is 0 Å². The molecule has 0 aromatic rings. The van der Waals surface area contributed by atoms with Gasteiger partial charge in [0.1, 0.15) is 0 Å². The Morgan fingerprint density at radius 3 is 0.850 bits per heavy atom. The molecule has 2 N–H and O–H groups in total. The van der Waals surface area contributed by atoms with E-state index in [9.17, 15) is 9.59 Å². The van der Waals surface area contributed by atoms with Crippen LogP contribution in [0.25, 0.3) is 0 Å². The van der Waals surface area contributed by atoms with Crippen LogP contribution in [0.4, 0.5) is 0 Å². The first-order valence-electron chi connectivity index (χ1n) is 5.77. The lowest BCUT2D eigenvalue weighted by atomic mass is 10.3. The summed E-state index contributed by atoms with van der Waals surface area (Å²) in [6, 6.07) is 0. The van der Waals surface area contributed by atoms with Gasteiger partial charge < -0.3 is 10.2 Å². The maximum absolute atomic E-state index is 10.1. The van der Waals surface area contributed by atoms with Crippen molar-refractivity contribution in [2.75, 3.05) is 0 Å². The van der Waals surface area contributed by atoms with E-state index in [1.807, 2.05) is 12.2 Å². The highest BCUT2D eigenvalue weighted by molar-refractivity contribution is 5.80. The van der Waals surface area contributed by atoms with Gasteiger partial charge in [0, 0.05) is 12.2 Å². The number of hydrogen-bond donors (Lipinski definition) is 2. The van der Waals surface area contributed by atoms with Crippen molar-refractivity contribution in [2.45, 2.75) is 0 Å². The Bertz CT molecular complexity index is 455. The minimum atomic E-state index is -0.977. The Morgan fingerprint density at radius 1 is 0.450 bits per heavy atom. The summed E-state index contributed by atoms with van der Waals surface area (Å²) < 4.78 is 0. The molecule has 0 rings (SSSR count). The summed E-state index contributed by atoms with van der Waals surface area (Å²) in [6.45, 7) is 0. The minimum absolute atomic E-state index is 0.977. The fourth-order valence-electron chi connectivity index (χ4n) is 0.917. The molecule has 0 aliphatic rings. The molecule has 0 radical (unpaired) electrons. The van der Waals surface area contributed by atoms with Gasteiger partial charge in [0.15, 0.2) is 0 Å². The predicted octanol–water partition coefficient (Wildman–Crippen LogP) is 3.05. The van der Waals surface area contributed by atoms with Gasteiger partial charge in [-0.25, -0.2) is 9.59 Å². The molecule has 0 aromatic carbocycles.